The molecule has 0 unspecified atom stereocenters. The summed E-state index contributed by atoms with van der Waals surface area (Å²) in [4.78, 5) is 37.3. The predicted molar refractivity (Wildman–Crippen MR) is 188 cm³/mol. The van der Waals surface area contributed by atoms with E-state index in [-0.39, 0.29) is 41.4 Å². The van der Waals surface area contributed by atoms with Gasteiger partial charge in [0.25, 0.3) is 9.84 Å². The zero-order chi connectivity index (χ0) is 36.2. The lowest BCUT2D eigenvalue weighted by atomic mass is 9.87. The Kier molecular flexibility index (Phi) is 16.5. The molecule has 50 heavy (non-hydrogen) atoms. The third-order valence-electron chi connectivity index (χ3n) is 8.14. The number of benzene rings is 3. The molecule has 0 heterocycles. The lowest BCUT2D eigenvalue weighted by Crippen LogP contribution is -2.37. The number of carbonyl (C=O) groups is 3. The van der Waals surface area contributed by atoms with Crippen molar-refractivity contribution in [3.05, 3.63) is 113 Å². The molecule has 0 aromatic heterocycles. The first-order chi connectivity index (χ1) is 24.1. The Bertz CT molecular complexity index is 1690. The topological polar surface area (TPSA) is 156 Å². The number of aryl methyl sites for hydroxylation is 1. The molecule has 2 N–H and O–H groups in total. The number of sulfone groups is 1. The fraction of sp³-hybridized carbons (Fsp3) is 0.395. The number of ether oxygens (including phenoxy) is 2. The minimum Gasteiger partial charge on any atom is -0.445 e. The van der Waals surface area contributed by atoms with Crippen LogP contribution in [0.5, 0.6) is 0 Å². The standard InChI is InChI=1S/C15H18N2O2.C14H17NO3.C9H9NO2S/c16-10-12-6-8-14(9-7-12)17-15(18)19-11-13-4-2-1-3-5-13;16-13-8-6-12(7-9-13)15-14(17)18-10-11-4-2-1-3-5-11;1-8-3-5-9(6-4-8)13(11,12)7-10-2/h1-5,12,14H,6-9,11H2,(H,17,18);1-5,12H,6-10H2,(H,15,17);3-6H,7H2,1H3. The van der Waals surface area contributed by atoms with E-state index in [0.29, 0.717) is 19.4 Å². The second-order valence-corrected chi connectivity index (χ2v) is 14.1. The van der Waals surface area contributed by atoms with Crippen LogP contribution in [0.1, 0.15) is 68.1 Å². The molecule has 0 bridgehead atoms. The largest absolute Gasteiger partial charge is 0.445 e. The first kappa shape index (κ1) is 39.2. The van der Waals surface area contributed by atoms with E-state index < -0.39 is 21.8 Å². The minimum absolute atomic E-state index is 0.0750. The third-order valence-corrected chi connectivity index (χ3v) is 9.60. The molecule has 12 heteroatoms. The second kappa shape index (κ2) is 21.0. The van der Waals surface area contributed by atoms with Crippen molar-refractivity contribution in [1.29, 1.82) is 5.26 Å². The molecule has 264 valence electrons. The quantitative estimate of drug-likeness (QED) is 0.237. The Morgan fingerprint density at radius 3 is 1.68 bits per heavy atom. The van der Waals surface area contributed by atoms with Crippen LogP contribution in [0.15, 0.2) is 89.8 Å². The van der Waals surface area contributed by atoms with Crippen LogP contribution >= 0.6 is 0 Å². The highest BCUT2D eigenvalue weighted by Gasteiger charge is 2.23. The summed E-state index contributed by atoms with van der Waals surface area (Å²) in [7, 11) is -3.38. The van der Waals surface area contributed by atoms with Gasteiger partial charge in [-0.1, -0.05) is 78.4 Å². The number of hydrogen-bond acceptors (Lipinski definition) is 8. The van der Waals surface area contributed by atoms with E-state index >= 15 is 0 Å². The van der Waals surface area contributed by atoms with Crippen molar-refractivity contribution in [3.8, 4) is 6.07 Å². The Balaban J connectivity index is 0.000000207. The monoisotopic (exact) mass is 700 g/mol. The SMILES string of the molecule is N#CC1CCC(NC(=O)OCc2ccccc2)CC1.O=C1CCC(NC(=O)OCc2ccccc2)CC1.[C-]#[N+]CS(=O)(=O)c1ccc(C)cc1. The molecule has 5 rings (SSSR count). The molecule has 0 aliphatic heterocycles. The summed E-state index contributed by atoms with van der Waals surface area (Å²) in [5.74, 6) is -0.0418. The summed E-state index contributed by atoms with van der Waals surface area (Å²) < 4.78 is 33.0. The molecule has 2 amide bonds. The predicted octanol–water partition coefficient (Wildman–Crippen LogP) is 7.07. The minimum atomic E-state index is -3.38. The molecule has 3 aromatic rings. The number of nitrogens with one attached hydrogen (secondary N) is 2. The van der Waals surface area contributed by atoms with Crippen molar-refractivity contribution >= 4 is 27.8 Å². The van der Waals surface area contributed by atoms with E-state index in [1.807, 2.05) is 67.6 Å². The zero-order valence-electron chi connectivity index (χ0n) is 28.3. The highest BCUT2D eigenvalue weighted by molar-refractivity contribution is 7.91. The lowest BCUT2D eigenvalue weighted by molar-refractivity contribution is -0.120. The van der Waals surface area contributed by atoms with Crippen LogP contribution in [0.25, 0.3) is 4.85 Å². The molecule has 2 aliphatic carbocycles. The van der Waals surface area contributed by atoms with Crippen LogP contribution in [0.3, 0.4) is 0 Å². The van der Waals surface area contributed by atoms with Gasteiger partial charge in [0.2, 0.25) is 0 Å². The number of Topliss-reactive ketones (excluding diaryl/α,β-unsaturated/α-hetero) is 1. The van der Waals surface area contributed by atoms with E-state index in [1.54, 1.807) is 12.1 Å². The number of nitriles is 1. The number of hydrogen-bond donors (Lipinski definition) is 2. The van der Waals surface area contributed by atoms with Crippen molar-refractivity contribution in [2.45, 2.75) is 88.5 Å². The van der Waals surface area contributed by atoms with Gasteiger partial charge in [0.05, 0.1) is 11.0 Å². The maximum Gasteiger partial charge on any atom is 0.407 e. The first-order valence-corrected chi connectivity index (χ1v) is 18.2. The van der Waals surface area contributed by atoms with Gasteiger partial charge < -0.3 is 20.1 Å². The number of carbonyl (C=O) groups excluding carboxylic acids is 3. The molecule has 3 aromatic carbocycles. The molecule has 2 aliphatic rings. The van der Waals surface area contributed by atoms with Crippen molar-refractivity contribution < 1.29 is 32.3 Å². The third kappa shape index (κ3) is 14.9. The first-order valence-electron chi connectivity index (χ1n) is 16.6. The van der Waals surface area contributed by atoms with Crippen LogP contribution in [-0.2, 0) is 37.3 Å². The fourth-order valence-electron chi connectivity index (χ4n) is 5.22. The van der Waals surface area contributed by atoms with Gasteiger partial charge in [0.1, 0.15) is 19.0 Å². The Labute approximate surface area is 294 Å². The van der Waals surface area contributed by atoms with E-state index in [9.17, 15) is 22.8 Å². The van der Waals surface area contributed by atoms with Gasteiger partial charge in [-0.2, -0.15) is 5.26 Å². The lowest BCUT2D eigenvalue weighted by Gasteiger charge is -2.25. The zero-order valence-corrected chi connectivity index (χ0v) is 29.1. The number of ketones is 1. The Morgan fingerprint density at radius 2 is 1.24 bits per heavy atom. The molecular weight excluding hydrogens is 657 g/mol. The van der Waals surface area contributed by atoms with Gasteiger partial charge in [-0.25, -0.2) is 24.6 Å². The number of amides is 2. The van der Waals surface area contributed by atoms with Crippen LogP contribution < -0.4 is 10.6 Å². The summed E-state index contributed by atoms with van der Waals surface area (Å²) in [5.41, 5.74) is 2.94. The van der Waals surface area contributed by atoms with E-state index in [1.165, 1.54) is 12.1 Å². The second-order valence-electron chi connectivity index (χ2n) is 12.1. The van der Waals surface area contributed by atoms with Crippen LogP contribution in [0, 0.1) is 30.7 Å². The summed E-state index contributed by atoms with van der Waals surface area (Å²) in [6.45, 7) is 8.94. The van der Waals surface area contributed by atoms with Gasteiger partial charge in [-0.15, -0.1) is 0 Å². The van der Waals surface area contributed by atoms with Gasteiger partial charge in [-0.3, -0.25) is 9.64 Å². The molecule has 0 spiro atoms. The van der Waals surface area contributed by atoms with Crippen LogP contribution in [0.4, 0.5) is 9.59 Å². The Morgan fingerprint density at radius 1 is 0.780 bits per heavy atom. The Hall–Kier alpha value is -5.20. The fourth-order valence-corrected chi connectivity index (χ4v) is 6.09. The molecule has 0 radical (unpaired) electrons. The average Bonchev–Trinajstić information content (AvgIpc) is 3.13. The smallest absolute Gasteiger partial charge is 0.407 e. The molecule has 11 nitrogen and oxygen atoms in total. The maximum absolute atomic E-state index is 11.6. The van der Waals surface area contributed by atoms with Gasteiger partial charge in [0, 0.05) is 30.8 Å². The molecule has 0 atom stereocenters. The van der Waals surface area contributed by atoms with E-state index in [4.69, 9.17) is 21.3 Å². The molecule has 0 saturated heterocycles. The highest BCUT2D eigenvalue weighted by Crippen LogP contribution is 2.23. The number of alkyl carbamates (subject to hydrolysis) is 2. The average molecular weight is 701 g/mol. The molecule has 2 fully saturated rings. The summed E-state index contributed by atoms with van der Waals surface area (Å²) in [5, 5.41) is 14.5. The van der Waals surface area contributed by atoms with Crippen molar-refractivity contribution in [1.82, 2.24) is 10.6 Å². The normalized spacial score (nSPS) is 17.1. The van der Waals surface area contributed by atoms with Crippen LogP contribution in [0.2, 0.25) is 0 Å². The number of rotatable bonds is 8. The van der Waals surface area contributed by atoms with E-state index in [2.05, 4.69) is 21.5 Å². The molecular formula is C38H44N4O7S. The van der Waals surface area contributed by atoms with Crippen molar-refractivity contribution in [2.24, 2.45) is 5.92 Å². The van der Waals surface area contributed by atoms with Crippen LogP contribution in [-0.4, -0.2) is 44.3 Å². The van der Waals surface area contributed by atoms with Crippen molar-refractivity contribution in [3.63, 3.8) is 0 Å². The van der Waals surface area contributed by atoms with E-state index in [0.717, 1.165) is 55.2 Å². The number of nitrogens with zero attached hydrogens (tertiary/aromatic N) is 2. The summed E-state index contributed by atoms with van der Waals surface area (Å²) in [6, 6.07) is 28.1. The summed E-state index contributed by atoms with van der Waals surface area (Å²) in [6.07, 6.45) is 5.23. The maximum atomic E-state index is 11.6. The van der Waals surface area contributed by atoms with Gasteiger partial charge >= 0.3 is 18.1 Å². The van der Waals surface area contributed by atoms with Crippen molar-refractivity contribution in [2.75, 3.05) is 5.88 Å². The molecule has 2 saturated carbocycles. The summed E-state index contributed by atoms with van der Waals surface area (Å²) >= 11 is 0. The van der Waals surface area contributed by atoms with Gasteiger partial charge in [-0.05, 0) is 68.7 Å². The van der Waals surface area contributed by atoms with Gasteiger partial charge in [0.15, 0.2) is 0 Å². The highest BCUT2D eigenvalue weighted by atomic mass is 32.2.